The van der Waals surface area contributed by atoms with Crippen LogP contribution in [0.3, 0.4) is 0 Å². The van der Waals surface area contributed by atoms with Gasteiger partial charge in [0.15, 0.2) is 0 Å². The third-order valence-corrected chi connectivity index (χ3v) is 5.09. The summed E-state index contributed by atoms with van der Waals surface area (Å²) in [6.07, 6.45) is 1.34. The van der Waals surface area contributed by atoms with Crippen LogP contribution in [0.25, 0.3) is 0 Å². The van der Waals surface area contributed by atoms with Crippen molar-refractivity contribution < 1.29 is 0 Å². The molecule has 1 unspecified atom stereocenters. The van der Waals surface area contributed by atoms with Crippen molar-refractivity contribution in [3.8, 4) is 0 Å². The van der Waals surface area contributed by atoms with Crippen LogP contribution < -0.4 is 0 Å². The van der Waals surface area contributed by atoms with Crippen molar-refractivity contribution in [2.24, 2.45) is 5.41 Å². The van der Waals surface area contributed by atoms with Gasteiger partial charge in [-0.15, -0.1) is 0 Å². The van der Waals surface area contributed by atoms with Crippen molar-refractivity contribution in [2.45, 2.75) is 38.0 Å². The van der Waals surface area contributed by atoms with E-state index in [1.54, 1.807) is 22.5 Å². The monoisotopic (exact) mass is 219 g/mol. The number of rotatable bonds is 1. The summed E-state index contributed by atoms with van der Waals surface area (Å²) in [7, 11) is 0. The molecule has 0 heterocycles. The first-order chi connectivity index (χ1) is 3.48. The van der Waals surface area contributed by atoms with Gasteiger partial charge in [0.25, 0.3) is 0 Å². The number of hydrogen-bond acceptors (Lipinski definition) is 0. The maximum absolute atomic E-state index is 2.32. The van der Waals surface area contributed by atoms with Gasteiger partial charge >= 0.3 is 66.0 Å². The van der Waals surface area contributed by atoms with Gasteiger partial charge in [-0.05, 0) is 0 Å². The fourth-order valence-electron chi connectivity index (χ4n) is 0.612. The van der Waals surface area contributed by atoms with Gasteiger partial charge in [-0.25, -0.2) is 0 Å². The molecule has 0 saturated heterocycles. The quantitative estimate of drug-likeness (QED) is 0.592. The van der Waals surface area contributed by atoms with E-state index in [9.17, 15) is 0 Å². The average molecular weight is 218 g/mol. The predicted octanol–water partition coefficient (Wildman–Crippen LogP) is 2.40. The maximum atomic E-state index is 2.32. The molecule has 0 aromatic heterocycles. The van der Waals surface area contributed by atoms with Crippen LogP contribution in [0.15, 0.2) is 0 Å². The Morgan fingerprint density at radius 3 is 1.75 bits per heavy atom. The fourth-order valence-corrected chi connectivity index (χ4v) is 0.612. The zero-order chi connectivity index (χ0) is 6.78. The molecule has 8 heavy (non-hydrogen) atoms. The molecule has 0 aliphatic carbocycles. The summed E-state index contributed by atoms with van der Waals surface area (Å²) in [5.41, 5.74) is 0.549. The summed E-state index contributed by atoms with van der Waals surface area (Å²) in [6.45, 7) is 9.21. The van der Waals surface area contributed by atoms with Crippen LogP contribution in [0.4, 0.5) is 0 Å². The second-order valence-corrected chi connectivity index (χ2v) is 5.32. The molecule has 0 spiro atoms. The van der Waals surface area contributed by atoms with Crippen LogP contribution in [0, 0.1) is 5.41 Å². The van der Waals surface area contributed by atoms with Gasteiger partial charge in [0.05, 0.1) is 0 Å². The van der Waals surface area contributed by atoms with Gasteiger partial charge in [-0.3, -0.25) is 0 Å². The molecular formula is C7H15Sn. The van der Waals surface area contributed by atoms with E-state index in [1.165, 1.54) is 6.42 Å². The van der Waals surface area contributed by atoms with Crippen molar-refractivity contribution in [3.05, 3.63) is 0 Å². The molecule has 0 aliphatic heterocycles. The minimum absolute atomic E-state index is 0.549. The van der Waals surface area contributed by atoms with E-state index in [2.05, 4.69) is 27.7 Å². The molecule has 0 bridgehead atoms. The summed E-state index contributed by atoms with van der Waals surface area (Å²) in [4.78, 5) is 0. The molecule has 0 rings (SSSR count). The zero-order valence-electron chi connectivity index (χ0n) is 6.28. The van der Waals surface area contributed by atoms with Gasteiger partial charge in [-0.2, -0.15) is 0 Å². The number of hydrogen-bond donors (Lipinski definition) is 0. The summed E-state index contributed by atoms with van der Waals surface area (Å²) in [6, 6.07) is 0. The summed E-state index contributed by atoms with van der Waals surface area (Å²) >= 11 is 1.69. The Labute approximate surface area is 66.1 Å². The van der Waals surface area contributed by atoms with E-state index in [1.807, 2.05) is 0 Å². The molecule has 0 nitrogen and oxygen atoms in total. The van der Waals surface area contributed by atoms with E-state index in [4.69, 9.17) is 0 Å². The second-order valence-electron chi connectivity index (χ2n) is 3.33. The normalized spacial score (nSPS) is 16.1. The molecule has 0 aromatic carbocycles. The fraction of sp³-hybridized carbons (Fsp3) is 1.00. The van der Waals surface area contributed by atoms with E-state index in [0.29, 0.717) is 5.41 Å². The van der Waals surface area contributed by atoms with Crippen molar-refractivity contribution in [1.29, 1.82) is 0 Å². The third-order valence-electron chi connectivity index (χ3n) is 1.45. The van der Waals surface area contributed by atoms with Crippen LogP contribution >= 0.6 is 0 Å². The first-order valence-corrected chi connectivity index (χ1v) is 4.84. The standard InChI is InChI=1S/C7H15.Sn/c1-5-6-7(2,3)4;/h6H,5H2,1-4H3;. The Morgan fingerprint density at radius 1 is 1.38 bits per heavy atom. The van der Waals surface area contributed by atoms with Crippen LogP contribution in [-0.4, -0.2) is 22.5 Å². The Bertz CT molecular complexity index is 61.3. The van der Waals surface area contributed by atoms with Crippen LogP contribution in [0.2, 0.25) is 3.93 Å². The van der Waals surface area contributed by atoms with Crippen molar-refractivity contribution in [2.75, 3.05) is 0 Å². The first kappa shape index (κ1) is 8.80. The zero-order valence-corrected chi connectivity index (χ0v) is 9.14. The van der Waals surface area contributed by atoms with Gasteiger partial charge in [-0.1, -0.05) is 0 Å². The Balaban J connectivity index is 3.62. The average Bonchev–Trinajstić information content (AvgIpc) is 1.62. The molecule has 0 fully saturated rings. The van der Waals surface area contributed by atoms with E-state index in [-0.39, 0.29) is 0 Å². The summed E-state index contributed by atoms with van der Waals surface area (Å²) < 4.78 is 0.940. The Hall–Kier alpha value is 0.799. The topological polar surface area (TPSA) is 0 Å². The van der Waals surface area contributed by atoms with Crippen molar-refractivity contribution >= 4 is 22.5 Å². The molecule has 1 heteroatoms. The van der Waals surface area contributed by atoms with E-state index in [0.717, 1.165) is 3.93 Å². The molecule has 3 radical (unpaired) electrons. The molecule has 0 saturated carbocycles. The van der Waals surface area contributed by atoms with Crippen LogP contribution in [-0.2, 0) is 0 Å². The summed E-state index contributed by atoms with van der Waals surface area (Å²) in [5, 5.41) is 0. The predicted molar refractivity (Wildman–Crippen MR) is 39.2 cm³/mol. The van der Waals surface area contributed by atoms with Crippen molar-refractivity contribution in [1.82, 2.24) is 0 Å². The van der Waals surface area contributed by atoms with Gasteiger partial charge in [0.2, 0.25) is 0 Å². The van der Waals surface area contributed by atoms with Crippen LogP contribution in [0.5, 0.6) is 0 Å². The molecule has 0 aliphatic rings. The molecule has 0 N–H and O–H groups in total. The molecule has 1 atom stereocenters. The van der Waals surface area contributed by atoms with Crippen molar-refractivity contribution in [3.63, 3.8) is 0 Å². The molecule has 0 aromatic rings. The third kappa shape index (κ3) is 2.95. The Morgan fingerprint density at radius 2 is 1.75 bits per heavy atom. The molecular weight excluding hydrogens is 203 g/mol. The van der Waals surface area contributed by atoms with Gasteiger partial charge in [0, 0.05) is 0 Å². The second kappa shape index (κ2) is 3.09. The SMILES string of the molecule is CC[CH]([Sn])C(C)(C)C. The summed E-state index contributed by atoms with van der Waals surface area (Å²) in [5.74, 6) is 0. The van der Waals surface area contributed by atoms with E-state index < -0.39 is 0 Å². The first-order valence-electron chi connectivity index (χ1n) is 3.19. The molecule has 0 amide bonds. The minimum atomic E-state index is 0.549. The van der Waals surface area contributed by atoms with Gasteiger partial charge in [0.1, 0.15) is 0 Å². The Kier molecular flexibility index (Phi) is 3.40. The van der Waals surface area contributed by atoms with E-state index >= 15 is 0 Å². The molecule has 47 valence electrons. The van der Waals surface area contributed by atoms with Gasteiger partial charge < -0.3 is 0 Å². The van der Waals surface area contributed by atoms with Crippen LogP contribution in [0.1, 0.15) is 34.1 Å².